The number of hydrogen-bond acceptors (Lipinski definition) is 5. The average Bonchev–Trinajstić information content (AvgIpc) is 2.55. The van der Waals surface area contributed by atoms with Crippen LogP contribution in [-0.4, -0.2) is 20.4 Å². The molecule has 20 heavy (non-hydrogen) atoms. The van der Waals surface area contributed by atoms with E-state index in [1.807, 2.05) is 60.7 Å². The van der Waals surface area contributed by atoms with Crippen molar-refractivity contribution in [3.8, 4) is 17.1 Å². The molecule has 0 radical (unpaired) electrons. The zero-order valence-corrected chi connectivity index (χ0v) is 10.7. The highest BCUT2D eigenvalue weighted by molar-refractivity contribution is 5.52. The molecule has 0 aliphatic carbocycles. The van der Waals surface area contributed by atoms with Crippen molar-refractivity contribution in [2.75, 3.05) is 0 Å². The number of hydrogen-bond donors (Lipinski definition) is 0. The maximum absolute atomic E-state index is 5.53. The summed E-state index contributed by atoms with van der Waals surface area (Å²) in [6.45, 7) is 0.249. The third-order valence-electron chi connectivity index (χ3n) is 2.66. The normalized spacial score (nSPS) is 10.2. The molecule has 0 fully saturated rings. The van der Waals surface area contributed by atoms with Crippen LogP contribution in [0.3, 0.4) is 0 Å². The van der Waals surface area contributed by atoms with Crippen molar-refractivity contribution in [1.29, 1.82) is 0 Å². The number of para-hydroxylation sites is 1. The predicted octanol–water partition coefficient (Wildman–Crippen LogP) is 2.51. The lowest BCUT2D eigenvalue weighted by Crippen LogP contribution is -2.06. The summed E-state index contributed by atoms with van der Waals surface area (Å²) in [4.78, 5) is 0. The SMILES string of the molecule is c1ccc(OCc2nnc(-c3ccccc3)nn2)cc1. The van der Waals surface area contributed by atoms with Crippen LogP contribution >= 0.6 is 0 Å². The Morgan fingerprint density at radius 2 is 1.30 bits per heavy atom. The van der Waals surface area contributed by atoms with Gasteiger partial charge in [0.15, 0.2) is 6.61 Å². The Morgan fingerprint density at radius 1 is 0.700 bits per heavy atom. The highest BCUT2D eigenvalue weighted by Crippen LogP contribution is 2.12. The Balaban J connectivity index is 1.68. The fourth-order valence-electron chi connectivity index (χ4n) is 1.68. The third kappa shape index (κ3) is 2.95. The second-order valence-corrected chi connectivity index (χ2v) is 4.11. The lowest BCUT2D eigenvalue weighted by molar-refractivity contribution is 0.292. The van der Waals surface area contributed by atoms with Gasteiger partial charge in [0.1, 0.15) is 5.75 Å². The molecule has 0 atom stereocenters. The summed E-state index contributed by atoms with van der Waals surface area (Å²) in [5, 5.41) is 16.2. The molecule has 0 N–H and O–H groups in total. The van der Waals surface area contributed by atoms with E-state index >= 15 is 0 Å². The Labute approximate surface area is 116 Å². The maximum atomic E-state index is 5.53. The van der Waals surface area contributed by atoms with Crippen LogP contribution in [0, 0.1) is 0 Å². The molecular formula is C15H12N4O. The smallest absolute Gasteiger partial charge is 0.210 e. The van der Waals surface area contributed by atoms with Gasteiger partial charge in [-0.2, -0.15) is 0 Å². The Morgan fingerprint density at radius 3 is 1.95 bits per heavy atom. The van der Waals surface area contributed by atoms with Crippen molar-refractivity contribution in [2.45, 2.75) is 6.61 Å². The minimum atomic E-state index is 0.249. The summed E-state index contributed by atoms with van der Waals surface area (Å²) < 4.78 is 5.53. The summed E-state index contributed by atoms with van der Waals surface area (Å²) in [6, 6.07) is 19.1. The van der Waals surface area contributed by atoms with Gasteiger partial charge in [0.25, 0.3) is 0 Å². The van der Waals surface area contributed by atoms with E-state index < -0.39 is 0 Å². The molecule has 5 nitrogen and oxygen atoms in total. The molecule has 0 aliphatic rings. The fourth-order valence-corrected chi connectivity index (χ4v) is 1.68. The van der Waals surface area contributed by atoms with Gasteiger partial charge in [-0.3, -0.25) is 0 Å². The van der Waals surface area contributed by atoms with E-state index in [0.717, 1.165) is 11.3 Å². The molecule has 0 amide bonds. The van der Waals surface area contributed by atoms with Crippen molar-refractivity contribution in [3.05, 3.63) is 66.5 Å². The van der Waals surface area contributed by atoms with E-state index in [-0.39, 0.29) is 6.61 Å². The lowest BCUT2D eigenvalue weighted by Gasteiger charge is -2.04. The van der Waals surface area contributed by atoms with Crippen molar-refractivity contribution >= 4 is 0 Å². The zero-order valence-electron chi connectivity index (χ0n) is 10.7. The van der Waals surface area contributed by atoms with Gasteiger partial charge in [-0.25, -0.2) is 0 Å². The number of aromatic nitrogens is 4. The van der Waals surface area contributed by atoms with Gasteiger partial charge in [0, 0.05) is 5.56 Å². The number of nitrogens with zero attached hydrogens (tertiary/aromatic N) is 4. The van der Waals surface area contributed by atoms with Crippen LogP contribution < -0.4 is 4.74 Å². The third-order valence-corrected chi connectivity index (χ3v) is 2.66. The minimum absolute atomic E-state index is 0.249. The Hall–Kier alpha value is -2.82. The van der Waals surface area contributed by atoms with Crippen molar-refractivity contribution in [3.63, 3.8) is 0 Å². The topological polar surface area (TPSA) is 60.8 Å². The Bertz CT molecular complexity index is 656. The first-order chi connectivity index (χ1) is 9.92. The highest BCUT2D eigenvalue weighted by Gasteiger charge is 2.04. The van der Waals surface area contributed by atoms with Gasteiger partial charge in [-0.15, -0.1) is 20.4 Å². The van der Waals surface area contributed by atoms with Crippen LogP contribution in [0.15, 0.2) is 60.7 Å². The van der Waals surface area contributed by atoms with Crippen LogP contribution in [0.1, 0.15) is 5.82 Å². The van der Waals surface area contributed by atoms with Crippen molar-refractivity contribution in [1.82, 2.24) is 20.4 Å². The van der Waals surface area contributed by atoms with Gasteiger partial charge in [0.2, 0.25) is 11.6 Å². The van der Waals surface area contributed by atoms with Crippen LogP contribution in [-0.2, 0) is 6.61 Å². The molecule has 3 rings (SSSR count). The summed E-state index contributed by atoms with van der Waals surface area (Å²) in [5.41, 5.74) is 0.892. The fraction of sp³-hybridized carbons (Fsp3) is 0.0667. The molecule has 0 unspecified atom stereocenters. The standard InChI is InChI=1S/C15H12N4O/c1-3-7-12(8-4-1)15-18-16-14(17-19-15)11-20-13-9-5-2-6-10-13/h1-10H,11H2. The largest absolute Gasteiger partial charge is 0.485 e. The van der Waals surface area contributed by atoms with Crippen molar-refractivity contribution in [2.24, 2.45) is 0 Å². The molecule has 5 heteroatoms. The summed E-state index contributed by atoms with van der Waals surface area (Å²) in [5.74, 6) is 1.73. The molecule has 0 spiro atoms. The Kier molecular flexibility index (Phi) is 3.59. The predicted molar refractivity (Wildman–Crippen MR) is 73.8 cm³/mol. The van der Waals surface area contributed by atoms with E-state index in [2.05, 4.69) is 20.4 Å². The molecular weight excluding hydrogens is 252 g/mol. The molecule has 0 bridgehead atoms. The van der Waals surface area contributed by atoms with Gasteiger partial charge < -0.3 is 4.74 Å². The minimum Gasteiger partial charge on any atom is -0.485 e. The summed E-state index contributed by atoms with van der Waals surface area (Å²) >= 11 is 0. The molecule has 0 saturated heterocycles. The van der Waals surface area contributed by atoms with Gasteiger partial charge in [0.05, 0.1) is 0 Å². The van der Waals surface area contributed by atoms with Gasteiger partial charge in [-0.1, -0.05) is 48.5 Å². The summed E-state index contributed by atoms with van der Waals surface area (Å²) in [7, 11) is 0. The summed E-state index contributed by atoms with van der Waals surface area (Å²) in [6.07, 6.45) is 0. The number of rotatable bonds is 4. The molecule has 0 aliphatic heterocycles. The van der Waals surface area contributed by atoms with E-state index in [1.165, 1.54) is 0 Å². The van der Waals surface area contributed by atoms with Gasteiger partial charge in [-0.05, 0) is 12.1 Å². The molecule has 0 saturated carbocycles. The van der Waals surface area contributed by atoms with Crippen LogP contribution in [0.4, 0.5) is 0 Å². The molecule has 3 aromatic rings. The number of ether oxygens (including phenoxy) is 1. The molecule has 2 aromatic carbocycles. The van der Waals surface area contributed by atoms with Crippen LogP contribution in [0.25, 0.3) is 11.4 Å². The maximum Gasteiger partial charge on any atom is 0.210 e. The highest BCUT2D eigenvalue weighted by atomic mass is 16.5. The second kappa shape index (κ2) is 5.88. The number of benzene rings is 2. The van der Waals surface area contributed by atoms with Crippen LogP contribution in [0.2, 0.25) is 0 Å². The average molecular weight is 264 g/mol. The van der Waals surface area contributed by atoms with Gasteiger partial charge >= 0.3 is 0 Å². The van der Waals surface area contributed by atoms with E-state index in [1.54, 1.807) is 0 Å². The van der Waals surface area contributed by atoms with Crippen LogP contribution in [0.5, 0.6) is 5.75 Å². The van der Waals surface area contributed by atoms with E-state index in [4.69, 9.17) is 4.74 Å². The quantitative estimate of drug-likeness (QED) is 0.724. The van der Waals surface area contributed by atoms with E-state index in [0.29, 0.717) is 11.6 Å². The first kappa shape index (κ1) is 12.2. The first-order valence-corrected chi connectivity index (χ1v) is 6.21. The van der Waals surface area contributed by atoms with E-state index in [9.17, 15) is 0 Å². The molecule has 1 heterocycles. The zero-order chi connectivity index (χ0) is 13.6. The lowest BCUT2D eigenvalue weighted by atomic mass is 10.2. The first-order valence-electron chi connectivity index (χ1n) is 6.21. The molecule has 98 valence electrons. The van der Waals surface area contributed by atoms with Crippen molar-refractivity contribution < 1.29 is 4.74 Å². The second-order valence-electron chi connectivity index (χ2n) is 4.11. The monoisotopic (exact) mass is 264 g/mol. The molecule has 1 aromatic heterocycles.